The molecule has 0 radical (unpaired) electrons. The summed E-state index contributed by atoms with van der Waals surface area (Å²) in [4.78, 5) is 12.4. The number of hydrogen-bond donors (Lipinski definition) is 1. The van der Waals surface area contributed by atoms with Crippen molar-refractivity contribution in [2.75, 3.05) is 6.54 Å². The summed E-state index contributed by atoms with van der Waals surface area (Å²) in [7, 11) is 0. The Morgan fingerprint density at radius 3 is 2.64 bits per heavy atom. The Morgan fingerprint density at radius 2 is 2.00 bits per heavy atom. The summed E-state index contributed by atoms with van der Waals surface area (Å²) in [6, 6.07) is 9.41. The van der Waals surface area contributed by atoms with Crippen LogP contribution < -0.4 is 5.32 Å². The molecule has 5 heteroatoms. The molecule has 1 heterocycles. The first-order valence-electron chi connectivity index (χ1n) is 7.33. The van der Waals surface area contributed by atoms with Crippen LogP contribution in [0.25, 0.3) is 5.69 Å². The first-order chi connectivity index (χ1) is 10.7. The van der Waals surface area contributed by atoms with Gasteiger partial charge in [-0.05, 0) is 36.8 Å². The highest BCUT2D eigenvalue weighted by Crippen LogP contribution is 2.17. The quantitative estimate of drug-likeness (QED) is 0.831. The molecule has 0 saturated heterocycles. The highest BCUT2D eigenvalue weighted by molar-refractivity contribution is 5.95. The van der Waals surface area contributed by atoms with Crippen LogP contribution in [0.4, 0.5) is 4.39 Å². The number of carbonyl (C=O) groups is 1. The van der Waals surface area contributed by atoms with Crippen molar-refractivity contribution in [2.45, 2.75) is 26.2 Å². The van der Waals surface area contributed by atoms with Crippen LogP contribution in [-0.4, -0.2) is 17.0 Å². The lowest BCUT2D eigenvalue weighted by Gasteiger charge is -2.10. The summed E-state index contributed by atoms with van der Waals surface area (Å²) >= 11 is 0. The van der Waals surface area contributed by atoms with E-state index in [0.29, 0.717) is 17.8 Å². The second kappa shape index (κ2) is 7.41. The number of unbranched alkanes of at least 4 members (excludes halogenated alkanes) is 2. The van der Waals surface area contributed by atoms with Gasteiger partial charge in [0.2, 0.25) is 0 Å². The summed E-state index contributed by atoms with van der Waals surface area (Å²) in [5.74, 6) is -0.635. The zero-order chi connectivity index (χ0) is 15.9. The van der Waals surface area contributed by atoms with Gasteiger partial charge in [0.05, 0.1) is 5.56 Å². The molecule has 0 aliphatic heterocycles. The maximum Gasteiger partial charge on any atom is 0.269 e. The normalized spacial score (nSPS) is 10.2. The van der Waals surface area contributed by atoms with Crippen LogP contribution in [-0.2, 0) is 0 Å². The number of nitriles is 1. The minimum absolute atomic E-state index is 0.283. The zero-order valence-electron chi connectivity index (χ0n) is 12.5. The number of hydrogen-bond acceptors (Lipinski definition) is 2. The Balaban J connectivity index is 2.26. The molecule has 0 spiro atoms. The van der Waals surface area contributed by atoms with E-state index in [1.54, 1.807) is 29.0 Å². The van der Waals surface area contributed by atoms with E-state index in [4.69, 9.17) is 0 Å². The average molecular weight is 299 g/mol. The van der Waals surface area contributed by atoms with Gasteiger partial charge in [-0.15, -0.1) is 0 Å². The number of carbonyl (C=O) groups excluding carboxylic acids is 1. The van der Waals surface area contributed by atoms with Crippen molar-refractivity contribution in [3.05, 3.63) is 53.6 Å². The van der Waals surface area contributed by atoms with Gasteiger partial charge < -0.3 is 9.88 Å². The number of benzene rings is 1. The third kappa shape index (κ3) is 3.53. The molecule has 0 aliphatic carbocycles. The Bertz CT molecular complexity index is 683. The molecule has 0 atom stereocenters. The smallest absolute Gasteiger partial charge is 0.269 e. The molecule has 0 unspecified atom stereocenters. The number of halogens is 1. The Morgan fingerprint density at radius 1 is 1.27 bits per heavy atom. The minimum atomic E-state index is -0.345. The van der Waals surface area contributed by atoms with E-state index in [0.717, 1.165) is 19.3 Å². The largest absolute Gasteiger partial charge is 0.351 e. The van der Waals surface area contributed by atoms with E-state index >= 15 is 0 Å². The van der Waals surface area contributed by atoms with Gasteiger partial charge in [0.25, 0.3) is 5.91 Å². The molecule has 1 N–H and O–H groups in total. The molecular formula is C17H18FN3O. The van der Waals surface area contributed by atoms with Gasteiger partial charge in [-0.3, -0.25) is 4.79 Å². The van der Waals surface area contributed by atoms with E-state index in [1.165, 1.54) is 12.1 Å². The van der Waals surface area contributed by atoms with Crippen molar-refractivity contribution in [2.24, 2.45) is 0 Å². The molecule has 2 rings (SSSR count). The number of nitrogens with one attached hydrogen (secondary N) is 1. The summed E-state index contributed by atoms with van der Waals surface area (Å²) in [5.41, 5.74) is 1.23. The van der Waals surface area contributed by atoms with Crippen LogP contribution >= 0.6 is 0 Å². The molecular weight excluding hydrogens is 281 g/mol. The van der Waals surface area contributed by atoms with Crippen LogP contribution in [0, 0.1) is 17.1 Å². The summed E-state index contributed by atoms with van der Waals surface area (Å²) < 4.78 is 14.6. The molecule has 4 nitrogen and oxygen atoms in total. The Kier molecular flexibility index (Phi) is 5.31. The van der Waals surface area contributed by atoms with Crippen molar-refractivity contribution in [3.8, 4) is 11.8 Å². The molecule has 1 amide bonds. The van der Waals surface area contributed by atoms with E-state index in [9.17, 15) is 14.4 Å². The summed E-state index contributed by atoms with van der Waals surface area (Å²) in [5, 5.41) is 12.0. The van der Waals surface area contributed by atoms with Gasteiger partial charge in [0.15, 0.2) is 0 Å². The van der Waals surface area contributed by atoms with Crippen molar-refractivity contribution < 1.29 is 9.18 Å². The molecule has 114 valence electrons. The second-order valence-corrected chi connectivity index (χ2v) is 5.00. The molecule has 22 heavy (non-hydrogen) atoms. The molecule has 2 aromatic rings. The maximum atomic E-state index is 13.0. The van der Waals surface area contributed by atoms with E-state index in [1.807, 2.05) is 6.07 Å². The molecule has 0 saturated carbocycles. The monoisotopic (exact) mass is 299 g/mol. The standard InChI is InChI=1S/C17H18FN3O/c1-2-3-4-10-20-17(22)16-13(12-19)9-11-21(16)15-7-5-14(18)6-8-15/h5-9,11H,2-4,10H2,1H3,(H,20,22). The van der Waals surface area contributed by atoms with Gasteiger partial charge in [0.1, 0.15) is 17.6 Å². The number of nitrogens with zero attached hydrogens (tertiary/aromatic N) is 2. The lowest BCUT2D eigenvalue weighted by Crippen LogP contribution is -2.27. The number of rotatable bonds is 6. The van der Waals surface area contributed by atoms with Crippen LogP contribution in [0.5, 0.6) is 0 Å². The van der Waals surface area contributed by atoms with Crippen molar-refractivity contribution in [1.82, 2.24) is 9.88 Å². The van der Waals surface area contributed by atoms with Gasteiger partial charge in [-0.2, -0.15) is 5.26 Å². The zero-order valence-corrected chi connectivity index (χ0v) is 12.5. The lowest BCUT2D eigenvalue weighted by molar-refractivity contribution is 0.0946. The molecule has 0 bridgehead atoms. The third-order valence-corrected chi connectivity index (χ3v) is 3.39. The highest BCUT2D eigenvalue weighted by atomic mass is 19.1. The van der Waals surface area contributed by atoms with Gasteiger partial charge in [0, 0.05) is 18.4 Å². The molecule has 1 aromatic carbocycles. The SMILES string of the molecule is CCCCCNC(=O)c1c(C#N)ccn1-c1ccc(F)cc1. The van der Waals surface area contributed by atoms with Crippen LogP contribution in [0.3, 0.4) is 0 Å². The predicted molar refractivity (Wildman–Crippen MR) is 82.3 cm³/mol. The molecule has 0 aliphatic rings. The van der Waals surface area contributed by atoms with E-state index < -0.39 is 0 Å². The lowest BCUT2D eigenvalue weighted by atomic mass is 10.2. The summed E-state index contributed by atoms with van der Waals surface area (Å²) in [6.45, 7) is 2.67. The van der Waals surface area contributed by atoms with Crippen LogP contribution in [0.1, 0.15) is 42.2 Å². The minimum Gasteiger partial charge on any atom is -0.351 e. The van der Waals surface area contributed by atoms with Crippen LogP contribution in [0.2, 0.25) is 0 Å². The molecule has 1 aromatic heterocycles. The number of aromatic nitrogens is 1. The van der Waals surface area contributed by atoms with E-state index in [2.05, 4.69) is 12.2 Å². The van der Waals surface area contributed by atoms with Crippen LogP contribution in [0.15, 0.2) is 36.5 Å². The fraction of sp³-hybridized carbons (Fsp3) is 0.294. The fourth-order valence-electron chi connectivity index (χ4n) is 2.23. The second-order valence-electron chi connectivity index (χ2n) is 5.00. The Hall–Kier alpha value is -2.61. The first-order valence-corrected chi connectivity index (χ1v) is 7.33. The van der Waals surface area contributed by atoms with E-state index in [-0.39, 0.29) is 17.4 Å². The average Bonchev–Trinajstić information content (AvgIpc) is 2.96. The fourth-order valence-corrected chi connectivity index (χ4v) is 2.23. The predicted octanol–water partition coefficient (Wildman–Crippen LogP) is 3.41. The van der Waals surface area contributed by atoms with Gasteiger partial charge >= 0.3 is 0 Å². The van der Waals surface area contributed by atoms with Crippen molar-refractivity contribution in [1.29, 1.82) is 5.26 Å². The highest BCUT2D eigenvalue weighted by Gasteiger charge is 2.17. The number of amides is 1. The maximum absolute atomic E-state index is 13.0. The third-order valence-electron chi connectivity index (χ3n) is 3.39. The Labute approximate surface area is 129 Å². The topological polar surface area (TPSA) is 57.8 Å². The molecule has 0 fully saturated rings. The first kappa shape index (κ1) is 15.8. The van der Waals surface area contributed by atoms with Crippen molar-refractivity contribution in [3.63, 3.8) is 0 Å². The summed E-state index contributed by atoms with van der Waals surface area (Å²) in [6.07, 6.45) is 4.67. The van der Waals surface area contributed by atoms with Gasteiger partial charge in [-0.25, -0.2) is 4.39 Å². The van der Waals surface area contributed by atoms with Gasteiger partial charge in [-0.1, -0.05) is 19.8 Å². The van der Waals surface area contributed by atoms with Crippen molar-refractivity contribution >= 4 is 5.91 Å².